The Morgan fingerprint density at radius 1 is 1.53 bits per heavy atom. The number of pyridine rings is 2. The average molecular weight is 232 g/mol. The maximum Gasteiger partial charge on any atom is 0.337 e. The Bertz CT molecular complexity index is 581. The summed E-state index contributed by atoms with van der Waals surface area (Å²) in [4.78, 5) is 19.3. The van der Waals surface area contributed by atoms with Crippen LogP contribution in [-0.4, -0.2) is 27.7 Å². The molecular formula is C12H12N2O3. The molecule has 5 heteroatoms. The van der Waals surface area contributed by atoms with Gasteiger partial charge in [-0.15, -0.1) is 0 Å². The van der Waals surface area contributed by atoms with Crippen molar-refractivity contribution in [3.8, 4) is 5.88 Å². The minimum Gasteiger partial charge on any atom is -0.478 e. The number of aromatic carboxylic acids is 1. The van der Waals surface area contributed by atoms with Gasteiger partial charge in [-0.05, 0) is 26.0 Å². The molecule has 2 aromatic rings. The number of nitrogens with zero attached hydrogens (tertiary/aromatic N) is 2. The first kappa shape index (κ1) is 11.3. The van der Waals surface area contributed by atoms with Crippen LogP contribution in [0.1, 0.15) is 23.0 Å². The fraction of sp³-hybridized carbons (Fsp3) is 0.250. The minimum absolute atomic E-state index is 0.173. The second kappa shape index (κ2) is 4.37. The topological polar surface area (TPSA) is 72.3 Å². The van der Waals surface area contributed by atoms with E-state index in [1.165, 1.54) is 0 Å². The molecule has 0 radical (unpaired) electrons. The van der Waals surface area contributed by atoms with Crippen molar-refractivity contribution < 1.29 is 14.6 Å². The number of carboxylic acids is 1. The maximum absolute atomic E-state index is 11.0. The Labute approximate surface area is 98.1 Å². The van der Waals surface area contributed by atoms with Gasteiger partial charge in [0, 0.05) is 6.20 Å². The fourth-order valence-corrected chi connectivity index (χ4v) is 1.64. The van der Waals surface area contributed by atoms with E-state index in [1.807, 2.05) is 6.92 Å². The second-order valence-corrected chi connectivity index (χ2v) is 3.54. The molecule has 0 spiro atoms. The highest BCUT2D eigenvalue weighted by Crippen LogP contribution is 2.24. The molecule has 17 heavy (non-hydrogen) atoms. The summed E-state index contributed by atoms with van der Waals surface area (Å²) in [6.45, 7) is 3.99. The van der Waals surface area contributed by atoms with Crippen LogP contribution in [0.2, 0.25) is 0 Å². The molecule has 0 saturated carbocycles. The zero-order chi connectivity index (χ0) is 12.4. The number of rotatable bonds is 3. The van der Waals surface area contributed by atoms with E-state index >= 15 is 0 Å². The molecule has 0 amide bonds. The molecule has 1 N–H and O–H groups in total. The predicted octanol–water partition coefficient (Wildman–Crippen LogP) is 2.04. The highest BCUT2D eigenvalue weighted by Gasteiger charge is 2.12. The van der Waals surface area contributed by atoms with Gasteiger partial charge in [-0.1, -0.05) is 0 Å². The van der Waals surface area contributed by atoms with Gasteiger partial charge in [0.1, 0.15) is 0 Å². The summed E-state index contributed by atoms with van der Waals surface area (Å²) < 4.78 is 5.35. The summed E-state index contributed by atoms with van der Waals surface area (Å²) in [5, 5.41) is 9.67. The third-order valence-corrected chi connectivity index (χ3v) is 2.41. The van der Waals surface area contributed by atoms with Crippen molar-refractivity contribution in [2.45, 2.75) is 13.8 Å². The van der Waals surface area contributed by atoms with Gasteiger partial charge >= 0.3 is 5.97 Å². The van der Waals surface area contributed by atoms with Crippen LogP contribution in [0.5, 0.6) is 5.88 Å². The number of hydrogen-bond acceptors (Lipinski definition) is 4. The van der Waals surface area contributed by atoms with Gasteiger partial charge in [0.2, 0.25) is 5.88 Å². The van der Waals surface area contributed by atoms with E-state index in [1.54, 1.807) is 25.3 Å². The average Bonchev–Trinajstić information content (AvgIpc) is 2.28. The van der Waals surface area contributed by atoms with Crippen LogP contribution in [0.3, 0.4) is 0 Å². The highest BCUT2D eigenvalue weighted by molar-refractivity contribution is 5.95. The van der Waals surface area contributed by atoms with Gasteiger partial charge in [0.25, 0.3) is 0 Å². The molecule has 5 nitrogen and oxygen atoms in total. The Morgan fingerprint density at radius 3 is 2.94 bits per heavy atom. The third-order valence-electron chi connectivity index (χ3n) is 2.41. The van der Waals surface area contributed by atoms with E-state index in [9.17, 15) is 4.79 Å². The first-order valence-corrected chi connectivity index (χ1v) is 5.26. The molecule has 2 heterocycles. The molecular weight excluding hydrogens is 220 g/mol. The SMILES string of the molecule is CCOc1nccc2nc(C)c(C(=O)O)cc12. The van der Waals surface area contributed by atoms with E-state index in [0.717, 1.165) is 0 Å². The molecule has 0 aliphatic carbocycles. The fourth-order valence-electron chi connectivity index (χ4n) is 1.64. The van der Waals surface area contributed by atoms with Gasteiger partial charge in [-0.2, -0.15) is 0 Å². The molecule has 2 rings (SSSR count). The van der Waals surface area contributed by atoms with Crippen LogP contribution in [0.4, 0.5) is 0 Å². The number of aryl methyl sites for hydroxylation is 1. The number of fused-ring (bicyclic) bond motifs is 1. The number of aromatic nitrogens is 2. The van der Waals surface area contributed by atoms with Crippen molar-refractivity contribution in [2.24, 2.45) is 0 Å². The van der Waals surface area contributed by atoms with Crippen molar-refractivity contribution in [3.05, 3.63) is 29.6 Å². The minimum atomic E-state index is -0.997. The van der Waals surface area contributed by atoms with E-state index in [0.29, 0.717) is 29.1 Å². The van der Waals surface area contributed by atoms with E-state index in [4.69, 9.17) is 9.84 Å². The van der Waals surface area contributed by atoms with Crippen molar-refractivity contribution in [1.29, 1.82) is 0 Å². The summed E-state index contributed by atoms with van der Waals surface area (Å²) >= 11 is 0. The summed E-state index contributed by atoms with van der Waals surface area (Å²) in [5.41, 5.74) is 1.34. The van der Waals surface area contributed by atoms with Crippen LogP contribution in [0.15, 0.2) is 18.3 Å². The highest BCUT2D eigenvalue weighted by atomic mass is 16.5. The quantitative estimate of drug-likeness (QED) is 0.876. The lowest BCUT2D eigenvalue weighted by atomic mass is 10.1. The van der Waals surface area contributed by atoms with Crippen molar-refractivity contribution >= 4 is 16.9 Å². The van der Waals surface area contributed by atoms with Crippen molar-refractivity contribution in [2.75, 3.05) is 6.61 Å². The molecule has 2 aromatic heterocycles. The van der Waals surface area contributed by atoms with E-state index in [2.05, 4.69) is 9.97 Å². The lowest BCUT2D eigenvalue weighted by Crippen LogP contribution is -2.03. The van der Waals surface area contributed by atoms with Crippen LogP contribution in [0, 0.1) is 6.92 Å². The zero-order valence-electron chi connectivity index (χ0n) is 9.60. The molecule has 0 aliphatic heterocycles. The van der Waals surface area contributed by atoms with E-state index < -0.39 is 5.97 Å². The lowest BCUT2D eigenvalue weighted by Gasteiger charge is -2.07. The largest absolute Gasteiger partial charge is 0.478 e. The van der Waals surface area contributed by atoms with Gasteiger partial charge < -0.3 is 9.84 Å². The van der Waals surface area contributed by atoms with Crippen LogP contribution in [-0.2, 0) is 0 Å². The molecule has 0 bridgehead atoms. The standard InChI is InChI=1S/C12H12N2O3/c1-3-17-11-9-6-8(12(15)16)7(2)14-10(9)4-5-13-11/h4-6H,3H2,1-2H3,(H,15,16). The maximum atomic E-state index is 11.0. The summed E-state index contributed by atoms with van der Waals surface area (Å²) in [7, 11) is 0. The van der Waals surface area contributed by atoms with Crippen LogP contribution < -0.4 is 4.74 Å². The van der Waals surface area contributed by atoms with Gasteiger partial charge in [0.15, 0.2) is 0 Å². The van der Waals surface area contributed by atoms with Gasteiger partial charge in [-0.25, -0.2) is 9.78 Å². The number of ether oxygens (including phenoxy) is 1. The third kappa shape index (κ3) is 2.04. The Morgan fingerprint density at radius 2 is 2.29 bits per heavy atom. The zero-order valence-corrected chi connectivity index (χ0v) is 9.60. The molecule has 0 unspecified atom stereocenters. The van der Waals surface area contributed by atoms with E-state index in [-0.39, 0.29) is 5.56 Å². The number of carbonyl (C=O) groups is 1. The summed E-state index contributed by atoms with van der Waals surface area (Å²) in [6.07, 6.45) is 1.60. The molecule has 0 aromatic carbocycles. The molecule has 88 valence electrons. The number of carboxylic acid groups (broad SMARTS) is 1. The predicted molar refractivity (Wildman–Crippen MR) is 62.4 cm³/mol. The lowest BCUT2D eigenvalue weighted by molar-refractivity contribution is 0.0696. The van der Waals surface area contributed by atoms with Crippen LogP contribution in [0.25, 0.3) is 10.9 Å². The molecule has 0 saturated heterocycles. The molecule has 0 fully saturated rings. The Balaban J connectivity index is 2.71. The Hall–Kier alpha value is -2.17. The van der Waals surface area contributed by atoms with Crippen molar-refractivity contribution in [1.82, 2.24) is 9.97 Å². The normalized spacial score (nSPS) is 10.5. The number of hydrogen-bond donors (Lipinski definition) is 1. The first-order chi connectivity index (χ1) is 8.13. The summed E-state index contributed by atoms with van der Waals surface area (Å²) in [6, 6.07) is 3.29. The van der Waals surface area contributed by atoms with Gasteiger partial charge in [0.05, 0.1) is 28.8 Å². The first-order valence-electron chi connectivity index (χ1n) is 5.26. The van der Waals surface area contributed by atoms with Crippen molar-refractivity contribution in [3.63, 3.8) is 0 Å². The molecule has 0 aliphatic rings. The Kier molecular flexibility index (Phi) is 2.91. The summed E-state index contributed by atoms with van der Waals surface area (Å²) in [5.74, 6) is -0.580. The smallest absolute Gasteiger partial charge is 0.337 e. The molecule has 0 atom stereocenters. The monoisotopic (exact) mass is 232 g/mol. The second-order valence-electron chi connectivity index (χ2n) is 3.54. The van der Waals surface area contributed by atoms with Crippen LogP contribution >= 0.6 is 0 Å². The van der Waals surface area contributed by atoms with Gasteiger partial charge in [-0.3, -0.25) is 4.98 Å².